The average Bonchev–Trinajstić information content (AvgIpc) is 2.07. The Morgan fingerprint density at radius 3 is 1.77 bits per heavy atom. The molecule has 74 valence electrons. The highest BCUT2D eigenvalue weighted by Crippen LogP contribution is 2.30. The fourth-order valence-corrected chi connectivity index (χ4v) is 1.84. The molecule has 0 saturated carbocycles. The Hall–Kier alpha value is -0.430. The third-order valence-electron chi connectivity index (χ3n) is 1.17. The zero-order valence-electron chi connectivity index (χ0n) is 9.29. The van der Waals surface area contributed by atoms with Crippen LogP contribution in [-0.2, 0) is 0 Å². The fraction of sp³-hybridized carbons (Fsp3) is 0.500. The largest absolute Gasteiger partial charge is 0.120 e. The molecular weight excluding hydrogens is 176 g/mol. The number of benzene rings is 1. The second kappa shape index (κ2) is 6.09. The lowest BCUT2D eigenvalue weighted by Crippen LogP contribution is -2.06. The summed E-state index contributed by atoms with van der Waals surface area (Å²) in [7, 11) is 0. The molecule has 0 atom stereocenters. The van der Waals surface area contributed by atoms with Gasteiger partial charge in [0.05, 0.1) is 0 Å². The van der Waals surface area contributed by atoms with Gasteiger partial charge in [-0.15, -0.1) is 11.8 Å². The third-order valence-corrected chi connectivity index (χ3v) is 2.29. The molecule has 0 spiro atoms. The summed E-state index contributed by atoms with van der Waals surface area (Å²) < 4.78 is 0.321. The molecule has 1 aromatic carbocycles. The first-order valence-electron chi connectivity index (χ1n) is 4.82. The van der Waals surface area contributed by atoms with Crippen LogP contribution in [0.2, 0.25) is 0 Å². The molecule has 13 heavy (non-hydrogen) atoms. The average molecular weight is 196 g/mol. The minimum atomic E-state index is 0.321. The van der Waals surface area contributed by atoms with E-state index in [0.29, 0.717) is 4.75 Å². The van der Waals surface area contributed by atoms with Crippen molar-refractivity contribution in [1.29, 1.82) is 0 Å². The zero-order valence-corrected chi connectivity index (χ0v) is 10.1. The van der Waals surface area contributed by atoms with Crippen LogP contribution in [0.4, 0.5) is 0 Å². The van der Waals surface area contributed by atoms with Gasteiger partial charge in [-0.1, -0.05) is 52.8 Å². The summed E-state index contributed by atoms with van der Waals surface area (Å²) >= 11 is 1.90. The van der Waals surface area contributed by atoms with Crippen LogP contribution in [0.15, 0.2) is 35.2 Å². The van der Waals surface area contributed by atoms with Crippen LogP contribution in [-0.4, -0.2) is 4.75 Å². The smallest absolute Gasteiger partial charge is 0.0122 e. The van der Waals surface area contributed by atoms with Crippen LogP contribution in [0.25, 0.3) is 0 Å². The number of hydrogen-bond donors (Lipinski definition) is 0. The Morgan fingerprint density at radius 1 is 0.923 bits per heavy atom. The minimum Gasteiger partial charge on any atom is -0.120 e. The molecule has 0 bridgehead atoms. The molecule has 0 saturated heterocycles. The molecule has 0 amide bonds. The van der Waals surface area contributed by atoms with Crippen LogP contribution in [0, 0.1) is 0 Å². The van der Waals surface area contributed by atoms with Gasteiger partial charge in [0.1, 0.15) is 0 Å². The van der Waals surface area contributed by atoms with Crippen molar-refractivity contribution in [2.75, 3.05) is 0 Å². The fourth-order valence-electron chi connectivity index (χ4n) is 0.842. The Kier molecular flexibility index (Phi) is 5.89. The highest BCUT2D eigenvalue weighted by molar-refractivity contribution is 8.00. The normalized spacial score (nSPS) is 10.2. The summed E-state index contributed by atoms with van der Waals surface area (Å²) in [4.78, 5) is 1.35. The maximum absolute atomic E-state index is 2.23. The molecule has 1 rings (SSSR count). The van der Waals surface area contributed by atoms with Crippen molar-refractivity contribution in [3.8, 4) is 0 Å². The second-order valence-electron chi connectivity index (χ2n) is 3.53. The molecule has 1 aromatic rings. The summed E-state index contributed by atoms with van der Waals surface area (Å²) in [6, 6.07) is 10.5. The van der Waals surface area contributed by atoms with Gasteiger partial charge >= 0.3 is 0 Å². The lowest BCUT2D eigenvalue weighted by molar-refractivity contribution is 0.803. The first-order valence-corrected chi connectivity index (χ1v) is 5.64. The lowest BCUT2D eigenvalue weighted by atomic mass is 10.3. The predicted molar refractivity (Wildman–Crippen MR) is 63.4 cm³/mol. The van der Waals surface area contributed by atoms with Gasteiger partial charge in [-0.2, -0.15) is 0 Å². The van der Waals surface area contributed by atoms with Crippen LogP contribution >= 0.6 is 11.8 Å². The van der Waals surface area contributed by atoms with Crippen molar-refractivity contribution in [3.05, 3.63) is 30.3 Å². The van der Waals surface area contributed by atoms with Gasteiger partial charge in [-0.05, 0) is 12.1 Å². The van der Waals surface area contributed by atoms with E-state index in [-0.39, 0.29) is 0 Å². The van der Waals surface area contributed by atoms with Crippen LogP contribution in [0.5, 0.6) is 0 Å². The molecule has 0 aliphatic rings. The van der Waals surface area contributed by atoms with E-state index < -0.39 is 0 Å². The topological polar surface area (TPSA) is 0 Å². The molecule has 0 heterocycles. The van der Waals surface area contributed by atoms with Crippen molar-refractivity contribution in [1.82, 2.24) is 0 Å². The molecule has 0 fully saturated rings. The van der Waals surface area contributed by atoms with Gasteiger partial charge in [0.2, 0.25) is 0 Å². The van der Waals surface area contributed by atoms with Crippen molar-refractivity contribution in [2.24, 2.45) is 0 Å². The van der Waals surface area contributed by atoms with Crippen LogP contribution in [0.1, 0.15) is 34.6 Å². The maximum atomic E-state index is 2.23. The summed E-state index contributed by atoms with van der Waals surface area (Å²) in [5.74, 6) is 0. The standard InChI is InChI=1S/C10H14S.C2H6/c1-10(2,3)11-9-7-5-4-6-8-9;1-2/h4-8H,1-3H3;1-2H3. The quantitative estimate of drug-likeness (QED) is 0.591. The van der Waals surface area contributed by atoms with Crippen LogP contribution < -0.4 is 0 Å². The first kappa shape index (κ1) is 12.6. The lowest BCUT2D eigenvalue weighted by Gasteiger charge is -2.16. The van der Waals surface area contributed by atoms with E-state index in [1.165, 1.54) is 4.90 Å². The SMILES string of the molecule is CC.CC(C)(C)Sc1ccccc1. The van der Waals surface area contributed by atoms with E-state index in [9.17, 15) is 0 Å². The minimum absolute atomic E-state index is 0.321. The Balaban J connectivity index is 0.000000671. The van der Waals surface area contributed by atoms with E-state index in [0.717, 1.165) is 0 Å². The molecule has 0 aromatic heterocycles. The number of thioether (sulfide) groups is 1. The molecule has 0 radical (unpaired) electrons. The highest BCUT2D eigenvalue weighted by atomic mass is 32.2. The summed E-state index contributed by atoms with van der Waals surface area (Å²) in [6.07, 6.45) is 0. The monoisotopic (exact) mass is 196 g/mol. The van der Waals surface area contributed by atoms with Crippen molar-refractivity contribution < 1.29 is 0 Å². The molecule has 0 aliphatic heterocycles. The van der Waals surface area contributed by atoms with Gasteiger partial charge in [-0.25, -0.2) is 0 Å². The third kappa shape index (κ3) is 6.71. The number of rotatable bonds is 1. The molecular formula is C12H20S. The highest BCUT2D eigenvalue weighted by Gasteiger charge is 2.10. The van der Waals surface area contributed by atoms with E-state index in [1.54, 1.807) is 0 Å². The van der Waals surface area contributed by atoms with E-state index in [4.69, 9.17) is 0 Å². The van der Waals surface area contributed by atoms with Gasteiger partial charge in [-0.3, -0.25) is 0 Å². The Labute approximate surface area is 86.7 Å². The zero-order chi connectivity index (χ0) is 10.3. The molecule has 0 unspecified atom stereocenters. The summed E-state index contributed by atoms with van der Waals surface area (Å²) in [5, 5.41) is 0. The van der Waals surface area contributed by atoms with Gasteiger partial charge < -0.3 is 0 Å². The van der Waals surface area contributed by atoms with Gasteiger partial charge in [0.25, 0.3) is 0 Å². The molecule has 0 nitrogen and oxygen atoms in total. The van der Waals surface area contributed by atoms with Gasteiger partial charge in [0, 0.05) is 9.64 Å². The molecule has 1 heteroatoms. The van der Waals surface area contributed by atoms with Crippen LogP contribution in [0.3, 0.4) is 0 Å². The first-order chi connectivity index (χ1) is 6.08. The van der Waals surface area contributed by atoms with Crippen molar-refractivity contribution in [2.45, 2.75) is 44.3 Å². The van der Waals surface area contributed by atoms with Crippen molar-refractivity contribution in [3.63, 3.8) is 0 Å². The summed E-state index contributed by atoms with van der Waals surface area (Å²) in [6.45, 7) is 10.7. The van der Waals surface area contributed by atoms with E-state index >= 15 is 0 Å². The Bertz CT molecular complexity index is 208. The molecule has 0 N–H and O–H groups in total. The predicted octanol–water partition coefficient (Wildman–Crippen LogP) is 4.60. The molecule has 0 aliphatic carbocycles. The maximum Gasteiger partial charge on any atom is 0.0122 e. The summed E-state index contributed by atoms with van der Waals surface area (Å²) in [5.41, 5.74) is 0. The van der Waals surface area contributed by atoms with Gasteiger partial charge in [0.15, 0.2) is 0 Å². The second-order valence-corrected chi connectivity index (χ2v) is 5.43. The van der Waals surface area contributed by atoms with Crippen molar-refractivity contribution >= 4 is 11.8 Å². The Morgan fingerprint density at radius 2 is 1.38 bits per heavy atom. The van der Waals surface area contributed by atoms with E-state index in [1.807, 2.05) is 31.7 Å². The van der Waals surface area contributed by atoms with E-state index in [2.05, 4.69) is 45.0 Å². The number of hydrogen-bond acceptors (Lipinski definition) is 1.